The maximum atomic E-state index is 12.3. The largest absolute Gasteiger partial charge is 0.434 e. The Hall–Kier alpha value is -1.50. The summed E-state index contributed by atoms with van der Waals surface area (Å²) in [4.78, 5) is 0. The summed E-state index contributed by atoms with van der Waals surface area (Å²) in [7, 11) is 0. The van der Waals surface area contributed by atoms with E-state index >= 15 is 0 Å². The molecule has 0 amide bonds. The van der Waals surface area contributed by atoms with E-state index < -0.39 is 6.61 Å². The fraction of sp³-hybridized carbons (Fsp3) is 0.333. The molecule has 0 bridgehead atoms. The van der Waals surface area contributed by atoms with Crippen LogP contribution in [0.3, 0.4) is 0 Å². The zero-order chi connectivity index (χ0) is 13.7. The highest BCUT2D eigenvalue weighted by atomic mass is 79.9. The lowest BCUT2D eigenvalue weighted by molar-refractivity contribution is -0.0505. The molecule has 0 saturated carbocycles. The van der Waals surface area contributed by atoms with Gasteiger partial charge in [0.15, 0.2) is 0 Å². The lowest BCUT2D eigenvalue weighted by Gasteiger charge is -2.09. The minimum absolute atomic E-state index is 0.162. The van der Waals surface area contributed by atoms with E-state index in [2.05, 4.69) is 31.0 Å². The van der Waals surface area contributed by atoms with Crippen LogP contribution in [0.15, 0.2) is 30.5 Å². The number of aromatic nitrogens is 3. The number of halogens is 3. The van der Waals surface area contributed by atoms with Crippen LogP contribution < -0.4 is 4.74 Å². The third kappa shape index (κ3) is 3.99. The van der Waals surface area contributed by atoms with E-state index in [1.165, 1.54) is 6.07 Å². The predicted octanol–water partition coefficient (Wildman–Crippen LogP) is 2.87. The van der Waals surface area contributed by atoms with Crippen molar-refractivity contribution in [2.24, 2.45) is 0 Å². The highest BCUT2D eigenvalue weighted by molar-refractivity contribution is 9.09. The van der Waals surface area contributed by atoms with E-state index in [0.29, 0.717) is 12.1 Å². The number of rotatable bonds is 6. The smallest absolute Gasteiger partial charge is 0.387 e. The molecule has 0 spiro atoms. The molecule has 19 heavy (non-hydrogen) atoms. The molecule has 2 aromatic rings. The Kier molecular flexibility index (Phi) is 4.84. The van der Waals surface area contributed by atoms with Crippen molar-refractivity contribution >= 4 is 15.9 Å². The summed E-state index contributed by atoms with van der Waals surface area (Å²) in [6.45, 7) is -2.49. The summed E-state index contributed by atoms with van der Waals surface area (Å²) in [5.74, 6) is 0.162. The van der Waals surface area contributed by atoms with Gasteiger partial charge in [0.1, 0.15) is 5.75 Å². The molecule has 0 saturated heterocycles. The summed E-state index contributed by atoms with van der Waals surface area (Å²) < 4.78 is 30.6. The minimum atomic E-state index is -2.83. The third-order valence-corrected chi connectivity index (χ3v) is 2.85. The van der Waals surface area contributed by atoms with Gasteiger partial charge in [0, 0.05) is 23.5 Å². The third-order valence-electron chi connectivity index (χ3n) is 2.46. The molecule has 0 atom stereocenters. The van der Waals surface area contributed by atoms with Gasteiger partial charge in [0.2, 0.25) is 0 Å². The van der Waals surface area contributed by atoms with Gasteiger partial charge >= 0.3 is 6.61 Å². The molecular weight excluding hydrogens is 320 g/mol. The first kappa shape index (κ1) is 13.9. The van der Waals surface area contributed by atoms with Crippen LogP contribution in [-0.2, 0) is 13.0 Å². The number of hydrogen-bond donors (Lipinski definition) is 0. The zero-order valence-electron chi connectivity index (χ0n) is 9.97. The molecule has 0 fully saturated rings. The molecular formula is C12H12BrF2N3O. The van der Waals surface area contributed by atoms with Crippen LogP contribution in [0.1, 0.15) is 11.3 Å². The van der Waals surface area contributed by atoms with Gasteiger partial charge in [0.25, 0.3) is 0 Å². The Bertz CT molecular complexity index is 533. The summed E-state index contributed by atoms with van der Waals surface area (Å²) in [6, 6.07) is 6.66. The van der Waals surface area contributed by atoms with Crippen LogP contribution in [-0.4, -0.2) is 26.9 Å². The van der Waals surface area contributed by atoms with Crippen LogP contribution in [0.25, 0.3) is 0 Å². The first-order valence-corrected chi connectivity index (χ1v) is 6.79. The van der Waals surface area contributed by atoms with Crippen molar-refractivity contribution < 1.29 is 13.5 Å². The standard InChI is InChI=1S/C12H12BrF2N3O/c13-6-5-10-8-18(17-16-10)7-9-3-1-2-4-11(9)19-12(14)15/h1-4,8,12H,5-7H2. The van der Waals surface area contributed by atoms with E-state index in [0.717, 1.165) is 17.4 Å². The number of nitrogens with zero attached hydrogens (tertiary/aromatic N) is 3. The second-order valence-electron chi connectivity index (χ2n) is 3.83. The number of alkyl halides is 3. The van der Waals surface area contributed by atoms with Gasteiger partial charge in [0.05, 0.1) is 12.2 Å². The average Bonchev–Trinajstić information content (AvgIpc) is 2.79. The van der Waals surface area contributed by atoms with Crippen molar-refractivity contribution in [1.82, 2.24) is 15.0 Å². The SMILES string of the molecule is FC(F)Oc1ccccc1Cn1cc(CCBr)nn1. The van der Waals surface area contributed by atoms with E-state index in [9.17, 15) is 8.78 Å². The van der Waals surface area contributed by atoms with Crippen molar-refractivity contribution in [3.05, 3.63) is 41.7 Å². The molecule has 0 aliphatic rings. The summed E-state index contributed by atoms with van der Waals surface area (Å²) in [5.41, 5.74) is 1.49. The van der Waals surface area contributed by atoms with Crippen molar-refractivity contribution in [1.29, 1.82) is 0 Å². The number of hydrogen-bond acceptors (Lipinski definition) is 3. The molecule has 0 aliphatic carbocycles. The normalized spacial score (nSPS) is 10.9. The molecule has 0 N–H and O–H groups in total. The minimum Gasteiger partial charge on any atom is -0.434 e. The fourth-order valence-electron chi connectivity index (χ4n) is 1.65. The van der Waals surface area contributed by atoms with Gasteiger partial charge in [-0.25, -0.2) is 4.68 Å². The summed E-state index contributed by atoms with van der Waals surface area (Å²) in [5, 5.41) is 8.74. The lowest BCUT2D eigenvalue weighted by atomic mass is 10.2. The number of para-hydroxylation sites is 1. The Balaban J connectivity index is 2.13. The van der Waals surface area contributed by atoms with Gasteiger partial charge in [-0.2, -0.15) is 8.78 Å². The fourth-order valence-corrected chi connectivity index (χ4v) is 2.05. The lowest BCUT2D eigenvalue weighted by Crippen LogP contribution is -2.07. The monoisotopic (exact) mass is 331 g/mol. The van der Waals surface area contributed by atoms with Crippen molar-refractivity contribution in [3.63, 3.8) is 0 Å². The van der Waals surface area contributed by atoms with Crippen LogP contribution in [0.2, 0.25) is 0 Å². The van der Waals surface area contributed by atoms with Crippen LogP contribution >= 0.6 is 15.9 Å². The van der Waals surface area contributed by atoms with E-state index in [1.54, 1.807) is 29.1 Å². The first-order valence-electron chi connectivity index (χ1n) is 5.66. The molecule has 102 valence electrons. The Morgan fingerprint density at radius 2 is 2.11 bits per heavy atom. The molecule has 7 heteroatoms. The van der Waals surface area contributed by atoms with E-state index in [1.807, 2.05) is 0 Å². The van der Waals surface area contributed by atoms with Gasteiger partial charge in [-0.3, -0.25) is 0 Å². The van der Waals surface area contributed by atoms with Crippen molar-refractivity contribution in [2.75, 3.05) is 5.33 Å². The molecule has 1 aromatic carbocycles. The van der Waals surface area contributed by atoms with Crippen molar-refractivity contribution in [3.8, 4) is 5.75 Å². The molecule has 0 aliphatic heterocycles. The Labute approximate surface area is 117 Å². The maximum absolute atomic E-state index is 12.3. The predicted molar refractivity (Wildman–Crippen MR) is 69.7 cm³/mol. The number of benzene rings is 1. The molecule has 0 unspecified atom stereocenters. The Morgan fingerprint density at radius 3 is 2.84 bits per heavy atom. The highest BCUT2D eigenvalue weighted by Crippen LogP contribution is 2.21. The van der Waals surface area contributed by atoms with Gasteiger partial charge in [-0.15, -0.1) is 5.10 Å². The first-order chi connectivity index (χ1) is 9.19. The maximum Gasteiger partial charge on any atom is 0.387 e. The molecule has 0 radical (unpaired) electrons. The number of aryl methyl sites for hydroxylation is 1. The second kappa shape index (κ2) is 6.60. The van der Waals surface area contributed by atoms with Gasteiger partial charge in [-0.1, -0.05) is 39.3 Å². The molecule has 1 heterocycles. The topological polar surface area (TPSA) is 39.9 Å². The summed E-state index contributed by atoms with van der Waals surface area (Å²) >= 11 is 3.32. The number of ether oxygens (including phenoxy) is 1. The van der Waals surface area contributed by atoms with Crippen LogP contribution in [0, 0.1) is 0 Å². The van der Waals surface area contributed by atoms with Crippen LogP contribution in [0.4, 0.5) is 8.78 Å². The molecule has 2 rings (SSSR count). The quantitative estimate of drug-likeness (QED) is 0.764. The Morgan fingerprint density at radius 1 is 1.32 bits per heavy atom. The highest BCUT2D eigenvalue weighted by Gasteiger charge is 2.10. The van der Waals surface area contributed by atoms with E-state index in [-0.39, 0.29) is 5.75 Å². The zero-order valence-corrected chi connectivity index (χ0v) is 11.6. The molecule has 1 aromatic heterocycles. The van der Waals surface area contributed by atoms with Crippen molar-refractivity contribution in [2.45, 2.75) is 19.6 Å². The average molecular weight is 332 g/mol. The van der Waals surface area contributed by atoms with Crippen LogP contribution in [0.5, 0.6) is 5.75 Å². The molecule has 4 nitrogen and oxygen atoms in total. The van der Waals surface area contributed by atoms with Gasteiger partial charge in [-0.05, 0) is 6.07 Å². The van der Waals surface area contributed by atoms with E-state index in [4.69, 9.17) is 0 Å². The second-order valence-corrected chi connectivity index (χ2v) is 4.63. The summed E-state index contributed by atoms with van der Waals surface area (Å²) in [6.07, 6.45) is 2.57. The van der Waals surface area contributed by atoms with Gasteiger partial charge < -0.3 is 4.74 Å².